The summed E-state index contributed by atoms with van der Waals surface area (Å²) in [5.41, 5.74) is 11.8. The molecule has 0 saturated carbocycles. The van der Waals surface area contributed by atoms with Crippen LogP contribution in [0.5, 0.6) is 0 Å². The second kappa shape index (κ2) is 10.9. The number of amides is 1. The number of carbonyl (C=O) groups excluding carboxylic acids is 1. The molecule has 5 rings (SSSR count). The number of carbonyl (C=O) groups is 1. The number of nitrogens with one attached hydrogen (secondary N) is 1. The van der Waals surface area contributed by atoms with E-state index in [1.807, 2.05) is 42.5 Å². The van der Waals surface area contributed by atoms with Crippen molar-refractivity contribution >= 4 is 12.1 Å². The number of nitrogens with two attached hydrogens (primary N) is 1. The van der Waals surface area contributed by atoms with E-state index in [0.717, 1.165) is 30.8 Å². The summed E-state index contributed by atoms with van der Waals surface area (Å²) < 4.78 is 5.37. The van der Waals surface area contributed by atoms with Crippen molar-refractivity contribution in [1.29, 1.82) is 0 Å². The van der Waals surface area contributed by atoms with Crippen molar-refractivity contribution in [3.63, 3.8) is 0 Å². The Bertz CT molecular complexity index is 985. The number of anilines is 1. The van der Waals surface area contributed by atoms with Crippen LogP contribution in [0.4, 0.5) is 5.69 Å². The normalized spacial score (nSPS) is 20.3. The van der Waals surface area contributed by atoms with E-state index in [4.69, 9.17) is 10.5 Å². The third-order valence-corrected chi connectivity index (χ3v) is 6.17. The second-order valence-corrected chi connectivity index (χ2v) is 8.24. The second-order valence-electron chi connectivity index (χ2n) is 8.24. The van der Waals surface area contributed by atoms with Crippen LogP contribution in [0.15, 0.2) is 78.9 Å². The highest BCUT2D eigenvalue weighted by molar-refractivity contribution is 5.69. The predicted molar refractivity (Wildman–Crippen MR) is 129 cm³/mol. The van der Waals surface area contributed by atoms with Gasteiger partial charge in [0.25, 0.3) is 0 Å². The molecule has 2 saturated heterocycles. The number of ether oxygens (including phenoxy) is 1. The quantitative estimate of drug-likeness (QED) is 0.481. The Morgan fingerprint density at radius 3 is 2.44 bits per heavy atom. The maximum Gasteiger partial charge on any atom is 0.210 e. The lowest BCUT2D eigenvalue weighted by Crippen LogP contribution is -2.38. The first-order valence-electron chi connectivity index (χ1n) is 11.3. The summed E-state index contributed by atoms with van der Waals surface area (Å²) in [5.74, 6) is 0.638. The third kappa shape index (κ3) is 5.36. The van der Waals surface area contributed by atoms with Crippen molar-refractivity contribution < 1.29 is 9.53 Å². The standard InChI is InChI=1S/C16H18N2.C11H13NO2/c17-14-7-5-12(6-8-14)15-3-1-2-4-16(15)13-9-10-18-11-13;13-9-12-6-7-14-8-11(12)10-4-2-1-3-5-10/h1-8,13,18H,9-11,17H2;1-5,9,11H,6-8H2. The summed E-state index contributed by atoms with van der Waals surface area (Å²) in [6, 6.07) is 26.9. The molecule has 3 aromatic rings. The minimum absolute atomic E-state index is 0.0856. The number of morpholine rings is 1. The van der Waals surface area contributed by atoms with Crippen LogP contribution >= 0.6 is 0 Å². The molecule has 2 aliphatic heterocycles. The fourth-order valence-electron chi connectivity index (χ4n) is 4.40. The van der Waals surface area contributed by atoms with E-state index >= 15 is 0 Å². The van der Waals surface area contributed by atoms with Crippen LogP contribution in [0.3, 0.4) is 0 Å². The van der Waals surface area contributed by atoms with Gasteiger partial charge >= 0.3 is 0 Å². The molecule has 166 valence electrons. The van der Waals surface area contributed by atoms with Gasteiger partial charge in [0.1, 0.15) is 0 Å². The molecule has 2 unspecified atom stereocenters. The molecule has 2 fully saturated rings. The Labute approximate surface area is 190 Å². The zero-order chi connectivity index (χ0) is 22.2. The largest absolute Gasteiger partial charge is 0.399 e. The van der Waals surface area contributed by atoms with Crippen LogP contribution in [0.2, 0.25) is 0 Å². The van der Waals surface area contributed by atoms with Crippen LogP contribution in [0.25, 0.3) is 11.1 Å². The van der Waals surface area contributed by atoms with Crippen LogP contribution < -0.4 is 11.1 Å². The van der Waals surface area contributed by atoms with Gasteiger partial charge in [-0.3, -0.25) is 4.79 Å². The topological polar surface area (TPSA) is 67.6 Å². The molecule has 5 nitrogen and oxygen atoms in total. The number of nitrogens with zero attached hydrogens (tertiary/aromatic N) is 1. The molecule has 2 atom stereocenters. The molecule has 0 spiro atoms. The fourth-order valence-corrected chi connectivity index (χ4v) is 4.40. The molecule has 2 heterocycles. The average Bonchev–Trinajstić information content (AvgIpc) is 3.40. The first-order valence-corrected chi connectivity index (χ1v) is 11.3. The van der Waals surface area contributed by atoms with Crippen molar-refractivity contribution in [3.8, 4) is 11.1 Å². The molecular formula is C27H31N3O2. The first kappa shape index (κ1) is 22.1. The van der Waals surface area contributed by atoms with Gasteiger partial charge in [-0.25, -0.2) is 0 Å². The maximum absolute atomic E-state index is 10.8. The van der Waals surface area contributed by atoms with E-state index in [9.17, 15) is 4.79 Å². The average molecular weight is 430 g/mol. The van der Waals surface area contributed by atoms with Crippen LogP contribution in [0, 0.1) is 0 Å². The molecule has 32 heavy (non-hydrogen) atoms. The predicted octanol–water partition coefficient (Wildman–Crippen LogP) is 4.23. The Hall–Kier alpha value is -3.15. The van der Waals surface area contributed by atoms with E-state index in [0.29, 0.717) is 25.7 Å². The number of rotatable bonds is 4. The van der Waals surface area contributed by atoms with E-state index in [-0.39, 0.29) is 6.04 Å². The van der Waals surface area contributed by atoms with Gasteiger partial charge in [-0.15, -0.1) is 0 Å². The molecule has 0 aliphatic carbocycles. The lowest BCUT2D eigenvalue weighted by Gasteiger charge is -2.32. The van der Waals surface area contributed by atoms with Gasteiger partial charge in [-0.05, 0) is 53.3 Å². The Morgan fingerprint density at radius 1 is 0.969 bits per heavy atom. The fraction of sp³-hybridized carbons (Fsp3) is 0.296. The van der Waals surface area contributed by atoms with E-state index in [2.05, 4.69) is 41.7 Å². The molecule has 1 amide bonds. The van der Waals surface area contributed by atoms with Gasteiger partial charge < -0.3 is 20.7 Å². The lowest BCUT2D eigenvalue weighted by atomic mass is 9.90. The van der Waals surface area contributed by atoms with E-state index < -0.39 is 0 Å². The third-order valence-electron chi connectivity index (χ3n) is 6.17. The van der Waals surface area contributed by atoms with Crippen LogP contribution in [0.1, 0.15) is 29.5 Å². The summed E-state index contributed by atoms with van der Waals surface area (Å²) in [6.07, 6.45) is 2.13. The van der Waals surface area contributed by atoms with Crippen molar-refractivity contribution in [2.75, 3.05) is 38.6 Å². The van der Waals surface area contributed by atoms with Crippen molar-refractivity contribution in [1.82, 2.24) is 10.2 Å². The number of hydrogen-bond donors (Lipinski definition) is 2. The van der Waals surface area contributed by atoms with E-state index in [1.54, 1.807) is 4.90 Å². The summed E-state index contributed by atoms with van der Waals surface area (Å²) in [6.45, 7) is 4.14. The number of hydrogen-bond acceptors (Lipinski definition) is 4. The molecular weight excluding hydrogens is 398 g/mol. The smallest absolute Gasteiger partial charge is 0.210 e. The SMILES string of the molecule is Nc1ccc(-c2ccccc2C2CCNC2)cc1.O=CN1CCOCC1c1ccccc1. The van der Waals surface area contributed by atoms with Crippen LogP contribution in [-0.2, 0) is 9.53 Å². The van der Waals surface area contributed by atoms with E-state index in [1.165, 1.54) is 23.1 Å². The van der Waals surface area contributed by atoms with Crippen LogP contribution in [-0.4, -0.2) is 44.2 Å². The van der Waals surface area contributed by atoms with Crippen molar-refractivity contribution in [2.45, 2.75) is 18.4 Å². The zero-order valence-electron chi connectivity index (χ0n) is 18.3. The van der Waals surface area contributed by atoms with Gasteiger partial charge in [0, 0.05) is 18.8 Å². The maximum atomic E-state index is 10.8. The van der Waals surface area contributed by atoms with Gasteiger partial charge in [-0.2, -0.15) is 0 Å². The molecule has 0 bridgehead atoms. The summed E-state index contributed by atoms with van der Waals surface area (Å²) >= 11 is 0. The highest BCUT2D eigenvalue weighted by Crippen LogP contribution is 2.32. The van der Waals surface area contributed by atoms with Crippen molar-refractivity contribution in [3.05, 3.63) is 90.0 Å². The lowest BCUT2D eigenvalue weighted by molar-refractivity contribution is -0.126. The molecule has 0 aromatic heterocycles. The minimum atomic E-state index is 0.0856. The summed E-state index contributed by atoms with van der Waals surface area (Å²) in [5, 5.41) is 3.44. The molecule has 3 N–H and O–H groups in total. The van der Waals surface area contributed by atoms with Gasteiger partial charge in [0.2, 0.25) is 6.41 Å². The minimum Gasteiger partial charge on any atom is -0.399 e. The Balaban J connectivity index is 0.000000158. The van der Waals surface area contributed by atoms with Gasteiger partial charge in [0.05, 0.1) is 19.3 Å². The monoisotopic (exact) mass is 429 g/mol. The Morgan fingerprint density at radius 2 is 1.72 bits per heavy atom. The Kier molecular flexibility index (Phi) is 7.54. The van der Waals surface area contributed by atoms with Gasteiger partial charge in [-0.1, -0.05) is 66.7 Å². The molecule has 3 aromatic carbocycles. The highest BCUT2D eigenvalue weighted by Gasteiger charge is 2.22. The summed E-state index contributed by atoms with van der Waals surface area (Å²) in [7, 11) is 0. The first-order chi connectivity index (χ1) is 15.8. The molecule has 0 radical (unpaired) electrons. The molecule has 2 aliphatic rings. The van der Waals surface area contributed by atoms with Crippen molar-refractivity contribution in [2.24, 2.45) is 0 Å². The van der Waals surface area contributed by atoms with Gasteiger partial charge in [0.15, 0.2) is 0 Å². The highest BCUT2D eigenvalue weighted by atomic mass is 16.5. The zero-order valence-corrected chi connectivity index (χ0v) is 18.3. The molecule has 5 heteroatoms. The number of benzene rings is 3. The number of nitrogen functional groups attached to an aromatic ring is 1. The summed E-state index contributed by atoms with van der Waals surface area (Å²) in [4.78, 5) is 12.6.